The number of anilines is 1. The van der Waals surface area contributed by atoms with Crippen molar-refractivity contribution in [3.05, 3.63) is 42.2 Å². The lowest BCUT2D eigenvalue weighted by molar-refractivity contribution is 0.0927. The Hall–Kier alpha value is -3.10. The molecule has 0 saturated carbocycles. The third kappa shape index (κ3) is 3.45. The Morgan fingerprint density at radius 1 is 1.17 bits per heavy atom. The molecule has 24 heavy (non-hydrogen) atoms. The number of aromatic nitrogens is 2. The molecule has 0 bridgehead atoms. The average Bonchev–Trinajstić information content (AvgIpc) is 3.06. The molecule has 9 nitrogen and oxygen atoms in total. The van der Waals surface area contributed by atoms with E-state index in [9.17, 15) is 9.59 Å². The second-order valence-corrected chi connectivity index (χ2v) is 5.31. The first-order chi connectivity index (χ1) is 11.6. The van der Waals surface area contributed by atoms with Crippen LogP contribution in [0, 0.1) is 6.92 Å². The topological polar surface area (TPSA) is 104 Å². The Balaban J connectivity index is 1.47. The number of urea groups is 1. The van der Waals surface area contributed by atoms with Crippen LogP contribution in [0.25, 0.3) is 0 Å². The predicted molar refractivity (Wildman–Crippen MR) is 85.3 cm³/mol. The second kappa shape index (κ2) is 6.99. The monoisotopic (exact) mass is 330 g/mol. The molecule has 1 aliphatic rings. The highest BCUT2D eigenvalue weighted by Gasteiger charge is 2.22. The Morgan fingerprint density at radius 2 is 1.96 bits per heavy atom. The quantitative estimate of drug-likeness (QED) is 0.780. The van der Waals surface area contributed by atoms with Crippen molar-refractivity contribution in [3.63, 3.8) is 0 Å². The first kappa shape index (κ1) is 15.8. The van der Waals surface area contributed by atoms with Crippen molar-refractivity contribution in [2.75, 3.05) is 31.1 Å². The van der Waals surface area contributed by atoms with Gasteiger partial charge in [0.25, 0.3) is 5.91 Å². The fraction of sp³-hybridized carbons (Fsp3) is 0.333. The molecular weight excluding hydrogens is 312 g/mol. The molecule has 2 aromatic heterocycles. The largest absolute Gasteiger partial charge is 0.469 e. The van der Waals surface area contributed by atoms with Gasteiger partial charge in [-0.05, 0) is 13.0 Å². The van der Waals surface area contributed by atoms with Crippen LogP contribution in [0.4, 0.5) is 10.6 Å². The normalized spacial score (nSPS) is 14.4. The molecule has 1 aliphatic heterocycles. The zero-order chi connectivity index (χ0) is 16.9. The van der Waals surface area contributed by atoms with Crippen molar-refractivity contribution in [1.29, 1.82) is 0 Å². The summed E-state index contributed by atoms with van der Waals surface area (Å²) in [5.41, 5.74) is 5.20. The molecule has 0 spiro atoms. The average molecular weight is 330 g/mol. The van der Waals surface area contributed by atoms with E-state index in [0.29, 0.717) is 37.5 Å². The van der Waals surface area contributed by atoms with Crippen LogP contribution in [0.15, 0.2) is 35.3 Å². The summed E-state index contributed by atoms with van der Waals surface area (Å²) < 4.78 is 5.06. The summed E-state index contributed by atoms with van der Waals surface area (Å²) in [5, 5.41) is 0. The highest BCUT2D eigenvalue weighted by atomic mass is 16.3. The molecule has 0 aliphatic carbocycles. The molecule has 3 amide bonds. The van der Waals surface area contributed by atoms with Crippen LogP contribution in [0.3, 0.4) is 0 Å². The minimum atomic E-state index is -0.409. The maximum Gasteiger partial charge on any atom is 0.336 e. The van der Waals surface area contributed by atoms with Crippen LogP contribution in [-0.4, -0.2) is 53.0 Å². The van der Waals surface area contributed by atoms with Crippen LogP contribution in [0.2, 0.25) is 0 Å². The standard InChI is InChI=1S/C15H18N6O3/c1-11-12(2-9-24-11)14(22)18-19-15(23)21-7-5-20(6-8-21)13-10-16-3-4-17-13/h2-4,9-10H,5-8H2,1H3,(H,18,22)(H,19,23). The van der Waals surface area contributed by atoms with Crippen LogP contribution >= 0.6 is 0 Å². The van der Waals surface area contributed by atoms with Crippen molar-refractivity contribution < 1.29 is 14.0 Å². The van der Waals surface area contributed by atoms with Gasteiger partial charge in [0.1, 0.15) is 11.6 Å². The van der Waals surface area contributed by atoms with Gasteiger partial charge in [0.15, 0.2) is 0 Å². The molecule has 1 saturated heterocycles. The number of amides is 3. The van der Waals surface area contributed by atoms with Gasteiger partial charge in [0, 0.05) is 38.6 Å². The molecule has 126 valence electrons. The Bertz CT molecular complexity index is 709. The zero-order valence-electron chi connectivity index (χ0n) is 13.2. The molecule has 2 N–H and O–H groups in total. The molecular formula is C15H18N6O3. The summed E-state index contributed by atoms with van der Waals surface area (Å²) in [7, 11) is 0. The molecule has 9 heteroatoms. The van der Waals surface area contributed by atoms with E-state index in [0.717, 1.165) is 5.82 Å². The van der Waals surface area contributed by atoms with E-state index in [2.05, 4.69) is 25.7 Å². The maximum atomic E-state index is 12.1. The van der Waals surface area contributed by atoms with Crippen LogP contribution in [0.5, 0.6) is 0 Å². The van der Waals surface area contributed by atoms with E-state index in [1.165, 1.54) is 6.26 Å². The van der Waals surface area contributed by atoms with Crippen molar-refractivity contribution in [1.82, 2.24) is 25.7 Å². The fourth-order valence-electron chi connectivity index (χ4n) is 2.47. The number of hydrazine groups is 1. The van der Waals surface area contributed by atoms with E-state index in [1.807, 2.05) is 0 Å². The van der Waals surface area contributed by atoms with Crippen molar-refractivity contribution in [2.24, 2.45) is 0 Å². The van der Waals surface area contributed by atoms with Gasteiger partial charge >= 0.3 is 6.03 Å². The van der Waals surface area contributed by atoms with Gasteiger partial charge in [-0.3, -0.25) is 15.2 Å². The number of carbonyl (C=O) groups is 2. The maximum absolute atomic E-state index is 12.1. The summed E-state index contributed by atoms with van der Waals surface area (Å²) in [6.45, 7) is 4.05. The summed E-state index contributed by atoms with van der Waals surface area (Å²) >= 11 is 0. The fourth-order valence-corrected chi connectivity index (χ4v) is 2.47. The Labute approximate surface area is 138 Å². The third-order valence-electron chi connectivity index (χ3n) is 3.83. The van der Waals surface area contributed by atoms with Gasteiger partial charge in [-0.1, -0.05) is 0 Å². The van der Waals surface area contributed by atoms with E-state index in [1.54, 1.807) is 36.5 Å². The Morgan fingerprint density at radius 3 is 2.58 bits per heavy atom. The summed E-state index contributed by atoms with van der Waals surface area (Å²) in [6, 6.07) is 1.21. The molecule has 0 radical (unpaired) electrons. The molecule has 2 aromatic rings. The van der Waals surface area contributed by atoms with E-state index >= 15 is 0 Å². The SMILES string of the molecule is Cc1occc1C(=O)NNC(=O)N1CCN(c2cnccn2)CC1. The summed E-state index contributed by atoms with van der Waals surface area (Å²) in [6.07, 6.45) is 6.39. The van der Waals surface area contributed by atoms with E-state index in [4.69, 9.17) is 4.42 Å². The lowest BCUT2D eigenvalue weighted by Crippen LogP contribution is -2.55. The van der Waals surface area contributed by atoms with Crippen LogP contribution in [0.1, 0.15) is 16.1 Å². The smallest absolute Gasteiger partial charge is 0.336 e. The minimum absolute atomic E-state index is 0.344. The molecule has 0 unspecified atom stereocenters. The number of furan rings is 1. The number of nitrogens with zero attached hydrogens (tertiary/aromatic N) is 4. The highest BCUT2D eigenvalue weighted by Crippen LogP contribution is 2.11. The molecule has 3 heterocycles. The van der Waals surface area contributed by atoms with Crippen molar-refractivity contribution in [3.8, 4) is 0 Å². The van der Waals surface area contributed by atoms with Gasteiger partial charge in [0.2, 0.25) is 0 Å². The number of hydrogen-bond donors (Lipinski definition) is 2. The number of aryl methyl sites for hydroxylation is 1. The molecule has 0 aromatic carbocycles. The number of piperazine rings is 1. The highest BCUT2D eigenvalue weighted by molar-refractivity contribution is 5.96. The van der Waals surface area contributed by atoms with Gasteiger partial charge in [0.05, 0.1) is 18.0 Å². The van der Waals surface area contributed by atoms with Gasteiger partial charge < -0.3 is 14.2 Å². The number of rotatable bonds is 2. The number of carbonyl (C=O) groups excluding carboxylic acids is 2. The van der Waals surface area contributed by atoms with Gasteiger partial charge in [-0.2, -0.15) is 0 Å². The lowest BCUT2D eigenvalue weighted by atomic mass is 10.2. The van der Waals surface area contributed by atoms with Crippen LogP contribution in [-0.2, 0) is 0 Å². The number of hydrogen-bond acceptors (Lipinski definition) is 6. The second-order valence-electron chi connectivity index (χ2n) is 5.31. The molecule has 3 rings (SSSR count). The van der Waals surface area contributed by atoms with Gasteiger partial charge in [-0.15, -0.1) is 0 Å². The van der Waals surface area contributed by atoms with Gasteiger partial charge in [-0.25, -0.2) is 15.2 Å². The summed E-state index contributed by atoms with van der Waals surface area (Å²) in [5.74, 6) is 0.883. The van der Waals surface area contributed by atoms with E-state index < -0.39 is 5.91 Å². The van der Waals surface area contributed by atoms with Crippen molar-refractivity contribution in [2.45, 2.75) is 6.92 Å². The zero-order valence-corrected chi connectivity index (χ0v) is 13.2. The molecule has 0 atom stereocenters. The number of nitrogens with one attached hydrogen (secondary N) is 2. The van der Waals surface area contributed by atoms with Crippen molar-refractivity contribution >= 4 is 17.8 Å². The first-order valence-corrected chi connectivity index (χ1v) is 7.55. The van der Waals surface area contributed by atoms with E-state index in [-0.39, 0.29) is 6.03 Å². The minimum Gasteiger partial charge on any atom is -0.469 e. The Kier molecular flexibility index (Phi) is 4.59. The first-order valence-electron chi connectivity index (χ1n) is 7.55. The lowest BCUT2D eigenvalue weighted by Gasteiger charge is -2.35. The van der Waals surface area contributed by atoms with Crippen LogP contribution < -0.4 is 15.8 Å². The summed E-state index contributed by atoms with van der Waals surface area (Å²) in [4.78, 5) is 36.0. The molecule has 1 fully saturated rings. The third-order valence-corrected chi connectivity index (χ3v) is 3.83. The predicted octanol–water partition coefficient (Wildman–Crippen LogP) is 0.555.